The smallest absolute Gasteiger partial charge is 0.206 e. The van der Waals surface area contributed by atoms with Gasteiger partial charge in [-0.1, -0.05) is 35.3 Å². The number of imidazole rings is 1. The van der Waals surface area contributed by atoms with Gasteiger partial charge >= 0.3 is 0 Å². The van der Waals surface area contributed by atoms with Crippen LogP contribution in [-0.2, 0) is 0 Å². The topological polar surface area (TPSA) is 45.8 Å². The van der Waals surface area contributed by atoms with Gasteiger partial charge in [0.1, 0.15) is 5.82 Å². The van der Waals surface area contributed by atoms with Gasteiger partial charge in [-0.3, -0.25) is 4.79 Å². The van der Waals surface area contributed by atoms with Crippen LogP contribution in [0.4, 0.5) is 0 Å². The van der Waals surface area contributed by atoms with Crippen LogP contribution in [-0.4, -0.2) is 15.8 Å². The third-order valence-electron chi connectivity index (χ3n) is 2.98. The predicted octanol–water partition coefficient (Wildman–Crippen LogP) is 5.20. The maximum atomic E-state index is 12.7. The zero-order valence-corrected chi connectivity index (χ0v) is 13.5. The number of nitrogens with zero attached hydrogens (tertiary/aromatic N) is 1. The quantitative estimate of drug-likeness (QED) is 0.520. The Labute approximate surface area is 141 Å². The fraction of sp³-hybridized carbons (Fsp3) is 0. The monoisotopic (exact) mass is 348 g/mol. The fourth-order valence-electron chi connectivity index (χ4n) is 1.95. The summed E-state index contributed by atoms with van der Waals surface area (Å²) in [6.07, 6.45) is 5.07. The highest BCUT2D eigenvalue weighted by Crippen LogP contribution is 2.27. The van der Waals surface area contributed by atoms with E-state index in [9.17, 15) is 4.79 Å². The van der Waals surface area contributed by atoms with Gasteiger partial charge in [-0.05, 0) is 35.9 Å². The molecule has 0 unspecified atom stereocenters. The van der Waals surface area contributed by atoms with Gasteiger partial charge in [-0.2, -0.15) is 0 Å². The molecule has 22 heavy (non-hydrogen) atoms. The number of thiophene rings is 1. The van der Waals surface area contributed by atoms with E-state index < -0.39 is 0 Å². The van der Waals surface area contributed by atoms with Crippen molar-refractivity contribution in [1.29, 1.82) is 0 Å². The molecule has 1 aromatic carbocycles. The molecular weight excluding hydrogens is 339 g/mol. The van der Waals surface area contributed by atoms with Crippen LogP contribution in [0.1, 0.15) is 21.1 Å². The number of carbonyl (C=O) groups excluding carboxylic acids is 1. The number of allylic oxidation sites excluding steroid dienone is 1. The molecule has 2 heterocycles. The lowest BCUT2D eigenvalue weighted by Crippen LogP contribution is -2.02. The molecule has 6 heteroatoms. The molecule has 3 aromatic rings. The first-order valence-corrected chi connectivity index (χ1v) is 7.98. The molecule has 0 atom stereocenters. The lowest BCUT2D eigenvalue weighted by molar-refractivity contribution is 0.106. The first-order valence-electron chi connectivity index (χ1n) is 6.40. The van der Waals surface area contributed by atoms with E-state index in [2.05, 4.69) is 9.97 Å². The highest BCUT2D eigenvalue weighted by Gasteiger charge is 2.18. The van der Waals surface area contributed by atoms with Crippen LogP contribution in [0.3, 0.4) is 0 Å². The van der Waals surface area contributed by atoms with Crippen molar-refractivity contribution in [2.75, 3.05) is 0 Å². The first-order chi connectivity index (χ1) is 10.6. The molecule has 0 bridgehead atoms. The van der Waals surface area contributed by atoms with Gasteiger partial charge in [0.25, 0.3) is 0 Å². The molecule has 0 fully saturated rings. The van der Waals surface area contributed by atoms with E-state index in [0.29, 0.717) is 25.6 Å². The summed E-state index contributed by atoms with van der Waals surface area (Å²) in [4.78, 5) is 20.5. The predicted molar refractivity (Wildman–Crippen MR) is 91.6 cm³/mol. The van der Waals surface area contributed by atoms with E-state index in [-0.39, 0.29) is 5.78 Å². The van der Waals surface area contributed by atoms with Crippen molar-refractivity contribution < 1.29 is 4.79 Å². The number of H-pyrrole nitrogens is 1. The van der Waals surface area contributed by atoms with Crippen LogP contribution in [0.2, 0.25) is 9.36 Å². The maximum Gasteiger partial charge on any atom is 0.206 e. The Kier molecular flexibility index (Phi) is 4.43. The Balaban J connectivity index is 2.04. The van der Waals surface area contributed by atoms with Crippen molar-refractivity contribution in [3.05, 3.63) is 74.4 Å². The van der Waals surface area contributed by atoms with Crippen LogP contribution < -0.4 is 0 Å². The number of halogens is 2. The van der Waals surface area contributed by atoms with Crippen molar-refractivity contribution in [3.63, 3.8) is 0 Å². The molecule has 0 radical (unpaired) electrons. The van der Waals surface area contributed by atoms with Crippen LogP contribution in [0.5, 0.6) is 0 Å². The summed E-state index contributed by atoms with van der Waals surface area (Å²) in [6, 6.07) is 10.7. The summed E-state index contributed by atoms with van der Waals surface area (Å²) in [5.74, 6) is 0.395. The molecule has 0 saturated carbocycles. The third-order valence-corrected chi connectivity index (χ3v) is 4.46. The van der Waals surface area contributed by atoms with E-state index in [1.165, 1.54) is 11.3 Å². The van der Waals surface area contributed by atoms with Gasteiger partial charge in [-0.15, -0.1) is 11.3 Å². The number of nitrogens with one attached hydrogen (secondary N) is 1. The normalized spacial score (nSPS) is 11.6. The van der Waals surface area contributed by atoms with Crippen LogP contribution in [0, 0.1) is 0 Å². The number of aromatic amines is 1. The Morgan fingerprint density at radius 2 is 1.91 bits per heavy atom. The average Bonchev–Trinajstić information content (AvgIpc) is 3.17. The Morgan fingerprint density at radius 1 is 1.14 bits per heavy atom. The molecule has 0 spiro atoms. The zero-order chi connectivity index (χ0) is 15.5. The molecule has 1 N–H and O–H groups in total. The molecule has 3 rings (SSSR count). The highest BCUT2D eigenvalue weighted by molar-refractivity contribution is 7.18. The number of ketones is 1. The largest absolute Gasteiger partial charge is 0.345 e. The summed E-state index contributed by atoms with van der Waals surface area (Å²) in [5, 5.41) is 0.646. The Morgan fingerprint density at radius 3 is 2.50 bits per heavy atom. The molecule has 110 valence electrons. The van der Waals surface area contributed by atoms with Crippen LogP contribution in [0.15, 0.2) is 48.8 Å². The minimum absolute atomic E-state index is 0.123. The highest BCUT2D eigenvalue weighted by atomic mass is 35.5. The molecule has 2 aromatic heterocycles. The molecule has 0 saturated heterocycles. The minimum atomic E-state index is -0.123. The Bertz CT molecular complexity index is 820. The van der Waals surface area contributed by atoms with Crippen molar-refractivity contribution in [3.8, 4) is 0 Å². The molecule has 0 aliphatic rings. The number of Topliss-reactive ketones (excluding diaryl/α,β-unsaturated/α-hetero) is 1. The van der Waals surface area contributed by atoms with Crippen LogP contribution >= 0.6 is 34.5 Å². The lowest BCUT2D eigenvalue weighted by atomic mass is 10.1. The third kappa shape index (κ3) is 3.30. The number of hydrogen-bond donors (Lipinski definition) is 1. The number of aromatic nitrogens is 2. The average molecular weight is 349 g/mol. The number of carbonyl (C=O) groups is 1. The van der Waals surface area contributed by atoms with E-state index in [4.69, 9.17) is 23.2 Å². The fourth-order valence-corrected chi connectivity index (χ4v) is 3.07. The molecule has 0 aliphatic carbocycles. The van der Waals surface area contributed by atoms with Gasteiger partial charge in [0.15, 0.2) is 0 Å². The minimum Gasteiger partial charge on any atom is -0.345 e. The van der Waals surface area contributed by atoms with E-state index in [0.717, 1.165) is 5.56 Å². The summed E-state index contributed by atoms with van der Waals surface area (Å²) < 4.78 is 0.577. The van der Waals surface area contributed by atoms with Gasteiger partial charge in [-0.25, -0.2) is 4.98 Å². The molecule has 3 nitrogen and oxygen atoms in total. The van der Waals surface area contributed by atoms with Gasteiger partial charge in [0, 0.05) is 17.4 Å². The summed E-state index contributed by atoms with van der Waals surface area (Å²) in [6.45, 7) is 0. The first kappa shape index (κ1) is 15.0. The van der Waals surface area contributed by atoms with E-state index >= 15 is 0 Å². The summed E-state index contributed by atoms with van der Waals surface area (Å²) in [7, 11) is 0. The second-order valence-corrected chi connectivity index (χ2v) is 6.63. The summed E-state index contributed by atoms with van der Waals surface area (Å²) >= 11 is 13.1. The van der Waals surface area contributed by atoms with Crippen molar-refractivity contribution in [1.82, 2.24) is 9.97 Å². The SMILES string of the molecule is O=C(/C(=C/c1ccc(Cl)cc1)c1ncc[nH]1)c1ccc(Cl)s1. The number of hydrogen-bond acceptors (Lipinski definition) is 3. The number of rotatable bonds is 4. The number of benzene rings is 1. The van der Waals surface area contributed by atoms with Gasteiger partial charge < -0.3 is 4.98 Å². The lowest BCUT2D eigenvalue weighted by Gasteiger charge is -2.03. The summed E-state index contributed by atoms with van der Waals surface area (Å²) in [5.41, 5.74) is 1.35. The molecular formula is C16H10Cl2N2OS. The zero-order valence-electron chi connectivity index (χ0n) is 11.2. The van der Waals surface area contributed by atoms with Crippen molar-refractivity contribution in [2.45, 2.75) is 0 Å². The van der Waals surface area contributed by atoms with Crippen molar-refractivity contribution in [2.24, 2.45) is 0 Å². The van der Waals surface area contributed by atoms with Crippen LogP contribution in [0.25, 0.3) is 11.6 Å². The van der Waals surface area contributed by atoms with E-state index in [1.54, 1.807) is 42.7 Å². The van der Waals surface area contributed by atoms with E-state index in [1.807, 2.05) is 12.1 Å². The second kappa shape index (κ2) is 6.48. The Hall–Kier alpha value is -1.88. The standard InChI is InChI=1S/C16H10Cl2N2OS/c17-11-3-1-10(2-4-11)9-12(16-19-7-8-20-16)15(21)13-5-6-14(18)22-13/h1-9H,(H,19,20)/b12-9-. The molecule has 0 amide bonds. The molecule has 0 aliphatic heterocycles. The maximum absolute atomic E-state index is 12.7. The van der Waals surface area contributed by atoms with Gasteiger partial charge in [0.05, 0.1) is 14.8 Å². The van der Waals surface area contributed by atoms with Crippen molar-refractivity contribution >= 4 is 52.0 Å². The van der Waals surface area contributed by atoms with Gasteiger partial charge in [0.2, 0.25) is 5.78 Å². The second-order valence-electron chi connectivity index (χ2n) is 4.48.